The summed E-state index contributed by atoms with van der Waals surface area (Å²) in [6.07, 6.45) is 4.98. The fraction of sp³-hybridized carbons (Fsp3) is 0.464. The molecule has 1 amide bonds. The number of halogens is 2. The molecule has 220 valence electrons. The van der Waals surface area contributed by atoms with Crippen LogP contribution in [0.5, 0.6) is 5.75 Å². The number of unbranched alkanes of at least 4 members (excludes halogenated alkanes) is 1. The average Bonchev–Trinajstić information content (AvgIpc) is 3.33. The third-order valence-electron chi connectivity index (χ3n) is 6.55. The Bertz CT molecular complexity index is 1480. The van der Waals surface area contributed by atoms with Gasteiger partial charge in [0, 0.05) is 25.5 Å². The topological polar surface area (TPSA) is 112 Å². The molecule has 0 spiro atoms. The number of nitrogens with zero attached hydrogens (tertiary/aromatic N) is 4. The predicted octanol–water partition coefficient (Wildman–Crippen LogP) is 3.79. The molecule has 0 bridgehead atoms. The zero-order valence-electron chi connectivity index (χ0n) is 23.0. The highest BCUT2D eigenvalue weighted by molar-refractivity contribution is 8.15. The van der Waals surface area contributed by atoms with Crippen LogP contribution in [0, 0.1) is 5.82 Å². The van der Waals surface area contributed by atoms with E-state index in [0.29, 0.717) is 43.1 Å². The molecule has 10 nitrogen and oxygen atoms in total. The van der Waals surface area contributed by atoms with Gasteiger partial charge in [-0.3, -0.25) is 14.4 Å². The van der Waals surface area contributed by atoms with Crippen molar-refractivity contribution in [2.45, 2.75) is 64.0 Å². The molecular weight excluding hydrogens is 575 g/mol. The van der Waals surface area contributed by atoms with Crippen molar-refractivity contribution in [3.63, 3.8) is 0 Å². The molecule has 0 N–H and O–H groups in total. The van der Waals surface area contributed by atoms with Gasteiger partial charge in [-0.1, -0.05) is 42.8 Å². The minimum Gasteiger partial charge on any atom is -0.486 e. The van der Waals surface area contributed by atoms with Crippen molar-refractivity contribution in [2.75, 3.05) is 19.7 Å². The maximum atomic E-state index is 13.6. The Morgan fingerprint density at radius 2 is 2.00 bits per heavy atom. The van der Waals surface area contributed by atoms with Crippen LogP contribution in [0.15, 0.2) is 35.4 Å². The van der Waals surface area contributed by atoms with Gasteiger partial charge in [-0.15, -0.1) is 0 Å². The fourth-order valence-corrected chi connectivity index (χ4v) is 5.66. The lowest BCUT2D eigenvalue weighted by atomic mass is 10.1. The highest BCUT2D eigenvalue weighted by Gasteiger charge is 2.28. The van der Waals surface area contributed by atoms with Gasteiger partial charge in [0.25, 0.3) is 0 Å². The first-order chi connectivity index (χ1) is 19.6. The van der Waals surface area contributed by atoms with Crippen molar-refractivity contribution in [1.82, 2.24) is 18.9 Å². The van der Waals surface area contributed by atoms with Crippen molar-refractivity contribution in [1.29, 1.82) is 0 Å². The Morgan fingerprint density at radius 3 is 2.66 bits per heavy atom. The van der Waals surface area contributed by atoms with Crippen molar-refractivity contribution in [2.24, 2.45) is 0 Å². The number of carbonyl (C=O) groups is 3. The third kappa shape index (κ3) is 7.35. The van der Waals surface area contributed by atoms with Crippen molar-refractivity contribution >= 4 is 46.4 Å². The quantitative estimate of drug-likeness (QED) is 0.239. The van der Waals surface area contributed by atoms with Gasteiger partial charge in [-0.05, 0) is 44.4 Å². The summed E-state index contributed by atoms with van der Waals surface area (Å²) < 4.78 is 27.7. The molecule has 3 heterocycles. The number of aldehydes is 1. The molecule has 1 aliphatic heterocycles. The summed E-state index contributed by atoms with van der Waals surface area (Å²) in [5.41, 5.74) is -0.264. The van der Waals surface area contributed by atoms with Gasteiger partial charge in [0.1, 0.15) is 18.6 Å². The molecule has 0 aliphatic carbocycles. The normalized spacial score (nSPS) is 17.9. The van der Waals surface area contributed by atoms with E-state index in [1.54, 1.807) is 11.1 Å². The molecule has 4 rings (SSSR count). The zero-order valence-corrected chi connectivity index (χ0v) is 24.6. The van der Waals surface area contributed by atoms with Crippen LogP contribution >= 0.6 is 23.4 Å². The second kappa shape index (κ2) is 13.6. The number of imidazole rings is 1. The number of fused-ring (bicyclic) bond motifs is 1. The van der Waals surface area contributed by atoms with E-state index >= 15 is 0 Å². The van der Waals surface area contributed by atoms with Gasteiger partial charge in [-0.2, -0.15) is 0 Å². The lowest BCUT2D eigenvalue weighted by Gasteiger charge is -2.35. The van der Waals surface area contributed by atoms with Gasteiger partial charge < -0.3 is 23.7 Å². The molecule has 3 atom stereocenters. The van der Waals surface area contributed by atoms with Crippen molar-refractivity contribution < 1.29 is 28.2 Å². The van der Waals surface area contributed by atoms with E-state index < -0.39 is 21.7 Å². The number of morpholine rings is 1. The van der Waals surface area contributed by atoms with Crippen molar-refractivity contribution in [3.8, 4) is 5.75 Å². The lowest BCUT2D eigenvalue weighted by Crippen LogP contribution is -2.49. The number of ether oxygens (including phenoxy) is 2. The maximum Gasteiger partial charge on any atom is 0.302 e. The smallest absolute Gasteiger partial charge is 0.302 e. The van der Waals surface area contributed by atoms with E-state index in [4.69, 9.17) is 21.1 Å². The minimum absolute atomic E-state index is 0.0912. The largest absolute Gasteiger partial charge is 0.486 e. The van der Waals surface area contributed by atoms with Crippen LogP contribution in [-0.4, -0.2) is 73.3 Å². The summed E-state index contributed by atoms with van der Waals surface area (Å²) in [5.74, 6) is -0.892. The van der Waals surface area contributed by atoms with Crippen LogP contribution in [0.4, 0.5) is 4.39 Å². The van der Waals surface area contributed by atoms with Crippen LogP contribution in [0.3, 0.4) is 0 Å². The van der Waals surface area contributed by atoms with Crippen LogP contribution in [0.1, 0.15) is 49.7 Å². The molecular formula is C28H32ClFN4O6S. The monoisotopic (exact) mass is 606 g/mol. The summed E-state index contributed by atoms with van der Waals surface area (Å²) in [6, 6.07) is 4.07. The Labute approximate surface area is 245 Å². The summed E-state index contributed by atoms with van der Waals surface area (Å²) in [4.78, 5) is 58.1. The van der Waals surface area contributed by atoms with E-state index in [2.05, 4.69) is 4.98 Å². The predicted molar refractivity (Wildman–Crippen MR) is 153 cm³/mol. The van der Waals surface area contributed by atoms with E-state index in [1.165, 1.54) is 33.4 Å². The van der Waals surface area contributed by atoms with Crippen LogP contribution in [0.2, 0.25) is 5.02 Å². The molecule has 1 aromatic carbocycles. The molecule has 0 saturated carbocycles. The summed E-state index contributed by atoms with van der Waals surface area (Å²) >= 11 is 6.55. The standard InChI is InChI=1S/C28H32ClFN4O6S/c1-4-5-10-39-25-24(27(38)41-20(16-35)11-19-6-7-22(30)21(29)12-19)31-28-32(8-9-34(28)26(25)37)15-23(36)33-13-17(2)40-18(3)14-33/h6-9,12,16-18,20H,4-5,10-11,13-15H2,1-3H3/t17-,18-,20?/m0/s1. The van der Waals surface area contributed by atoms with E-state index in [9.17, 15) is 23.6 Å². The van der Waals surface area contributed by atoms with E-state index in [-0.39, 0.29) is 59.9 Å². The van der Waals surface area contributed by atoms with Crippen LogP contribution in [0.25, 0.3) is 5.78 Å². The second-order valence-corrected chi connectivity index (χ2v) is 11.6. The molecule has 13 heteroatoms. The second-order valence-electron chi connectivity index (χ2n) is 9.98. The SMILES string of the molecule is CCCCOc1c(C(=O)SC(C=O)Cc2ccc(F)c(Cl)c2)nc2n(CC(=O)N3C[C@H](C)O[C@@H](C)C3)ccn2c1=O. The Hall–Kier alpha value is -3.22. The number of rotatable bonds is 11. The number of amides is 1. The first-order valence-corrected chi connectivity index (χ1v) is 14.6. The number of benzene rings is 1. The molecule has 0 radical (unpaired) electrons. The molecule has 1 aliphatic rings. The van der Waals surface area contributed by atoms with Crippen LogP contribution < -0.4 is 10.3 Å². The lowest BCUT2D eigenvalue weighted by molar-refractivity contribution is -0.143. The number of carbonyl (C=O) groups excluding carboxylic acids is 3. The van der Waals surface area contributed by atoms with Gasteiger partial charge in [0.05, 0.1) is 29.1 Å². The number of thioether (sulfide) groups is 1. The number of hydrogen-bond donors (Lipinski definition) is 0. The molecule has 1 unspecified atom stereocenters. The summed E-state index contributed by atoms with van der Waals surface area (Å²) in [6.45, 7) is 6.74. The van der Waals surface area contributed by atoms with E-state index in [0.717, 1.165) is 6.42 Å². The van der Waals surface area contributed by atoms with Gasteiger partial charge in [0.2, 0.25) is 22.5 Å². The molecule has 2 aromatic heterocycles. The summed E-state index contributed by atoms with van der Waals surface area (Å²) in [5, 5.41) is -1.59. The van der Waals surface area contributed by atoms with E-state index in [1.807, 2.05) is 20.8 Å². The third-order valence-corrected chi connectivity index (χ3v) is 7.83. The summed E-state index contributed by atoms with van der Waals surface area (Å²) in [7, 11) is 0. The highest BCUT2D eigenvalue weighted by atomic mass is 35.5. The van der Waals surface area contributed by atoms with Crippen molar-refractivity contribution in [3.05, 3.63) is 63.0 Å². The van der Waals surface area contributed by atoms with Gasteiger partial charge in [0.15, 0.2) is 5.69 Å². The Balaban J connectivity index is 1.63. The zero-order chi connectivity index (χ0) is 29.7. The molecule has 41 heavy (non-hydrogen) atoms. The molecule has 3 aromatic rings. The average molecular weight is 607 g/mol. The highest BCUT2D eigenvalue weighted by Crippen LogP contribution is 2.26. The minimum atomic E-state index is -0.855. The van der Waals surface area contributed by atoms with Crippen LogP contribution in [-0.2, 0) is 27.3 Å². The first-order valence-electron chi connectivity index (χ1n) is 13.4. The molecule has 1 fully saturated rings. The number of hydrogen-bond acceptors (Lipinski definition) is 8. The first kappa shape index (κ1) is 30.7. The van der Waals surface area contributed by atoms with Gasteiger partial charge in [-0.25, -0.2) is 13.8 Å². The fourth-order valence-electron chi connectivity index (χ4n) is 4.60. The molecule has 1 saturated heterocycles. The Kier molecular flexibility index (Phi) is 10.2. The maximum absolute atomic E-state index is 13.6. The van der Waals surface area contributed by atoms with Gasteiger partial charge >= 0.3 is 5.56 Å². The number of aromatic nitrogens is 3. The Morgan fingerprint density at radius 1 is 1.27 bits per heavy atom.